The van der Waals surface area contributed by atoms with E-state index in [1.165, 1.54) is 0 Å². The molecule has 0 amide bonds. The minimum atomic E-state index is -0.122. The second-order valence-electron chi connectivity index (χ2n) is 7.01. The van der Waals surface area contributed by atoms with Crippen molar-refractivity contribution >= 4 is 11.4 Å². The van der Waals surface area contributed by atoms with Crippen LogP contribution < -0.4 is 9.47 Å². The second-order valence-corrected chi connectivity index (χ2v) is 7.01. The average Bonchev–Trinajstić information content (AvgIpc) is 2.75. The Kier molecular flexibility index (Phi) is 8.22. The first-order valence-corrected chi connectivity index (χ1v) is 9.83. The highest BCUT2D eigenvalue weighted by Crippen LogP contribution is 2.31. The lowest BCUT2D eigenvalue weighted by Gasteiger charge is -2.18. The molecule has 0 radical (unpaired) electrons. The van der Waals surface area contributed by atoms with Crippen LogP contribution in [0.15, 0.2) is 71.2 Å². The molecule has 4 heteroatoms. The molecule has 0 heterocycles. The van der Waals surface area contributed by atoms with Gasteiger partial charge in [-0.1, -0.05) is 56.3 Å². The first-order valence-electron chi connectivity index (χ1n) is 9.83. The molecular formula is C25H31NO3. The highest BCUT2D eigenvalue weighted by atomic mass is 16.5. The average molecular weight is 394 g/mol. The molecule has 0 saturated heterocycles. The smallest absolute Gasteiger partial charge is 0.161 e. The second kappa shape index (κ2) is 10.6. The minimum absolute atomic E-state index is 0.122. The van der Waals surface area contributed by atoms with Gasteiger partial charge in [0.25, 0.3) is 0 Å². The van der Waals surface area contributed by atoms with E-state index in [1.807, 2.05) is 55.5 Å². The third-order valence-corrected chi connectivity index (χ3v) is 5.00. The fourth-order valence-electron chi connectivity index (χ4n) is 3.08. The van der Waals surface area contributed by atoms with Gasteiger partial charge < -0.3 is 14.6 Å². The zero-order chi connectivity index (χ0) is 21.4. The van der Waals surface area contributed by atoms with Crippen molar-refractivity contribution in [3.8, 4) is 11.5 Å². The molecule has 1 N–H and O–H groups in total. The summed E-state index contributed by atoms with van der Waals surface area (Å²) in [5.74, 6) is 1.54. The Balaban J connectivity index is 2.76. The molecule has 2 aromatic rings. The maximum atomic E-state index is 10.0. The number of aliphatic hydroxyl groups excluding tert-OH is 1. The molecule has 29 heavy (non-hydrogen) atoms. The van der Waals surface area contributed by atoms with Crippen LogP contribution in [0.2, 0.25) is 0 Å². The molecule has 4 nitrogen and oxygen atoms in total. The van der Waals surface area contributed by atoms with Crippen LogP contribution in [0.5, 0.6) is 11.5 Å². The Bertz CT molecular complexity index is 898. The third-order valence-electron chi connectivity index (χ3n) is 5.00. The van der Waals surface area contributed by atoms with Crippen molar-refractivity contribution in [3.63, 3.8) is 0 Å². The van der Waals surface area contributed by atoms with E-state index in [1.54, 1.807) is 14.2 Å². The Morgan fingerprint density at radius 3 is 2.21 bits per heavy atom. The van der Waals surface area contributed by atoms with E-state index in [2.05, 4.69) is 20.4 Å². The highest BCUT2D eigenvalue weighted by molar-refractivity contribution is 6.05. The quantitative estimate of drug-likeness (QED) is 0.451. The predicted molar refractivity (Wildman–Crippen MR) is 121 cm³/mol. The molecule has 154 valence electrons. The van der Waals surface area contributed by atoms with Crippen molar-refractivity contribution in [2.45, 2.75) is 27.2 Å². The van der Waals surface area contributed by atoms with Crippen LogP contribution in [0.25, 0.3) is 5.70 Å². The van der Waals surface area contributed by atoms with Crippen molar-refractivity contribution in [1.82, 2.24) is 0 Å². The topological polar surface area (TPSA) is 51.1 Å². The number of rotatable bonds is 9. The molecule has 0 fully saturated rings. The van der Waals surface area contributed by atoms with Gasteiger partial charge in [0.1, 0.15) is 0 Å². The molecule has 0 saturated carbocycles. The standard InChI is InChI=1S/C25H31NO3/c1-7-18(4)24(20-13-14-22(28-5)23(15-20)29-6)26-25(21(16-27)17(2)3)19-11-9-8-10-12-19/h8-15,18,27H,2,7,16H2,1,3-6H3/b25-21-,26-24?. The molecule has 0 aliphatic heterocycles. The number of hydrogen-bond acceptors (Lipinski definition) is 4. The van der Waals surface area contributed by atoms with Crippen LogP contribution in [-0.4, -0.2) is 31.6 Å². The summed E-state index contributed by atoms with van der Waals surface area (Å²) in [4.78, 5) is 5.09. The maximum absolute atomic E-state index is 10.0. The lowest BCUT2D eigenvalue weighted by atomic mass is 9.94. The van der Waals surface area contributed by atoms with E-state index in [4.69, 9.17) is 14.5 Å². The summed E-state index contributed by atoms with van der Waals surface area (Å²) in [5.41, 5.74) is 5.11. The first-order chi connectivity index (χ1) is 14.0. The molecule has 0 spiro atoms. The molecule has 0 aromatic heterocycles. The Morgan fingerprint density at radius 1 is 1.03 bits per heavy atom. The molecule has 1 unspecified atom stereocenters. The van der Waals surface area contributed by atoms with Crippen LogP contribution in [0.4, 0.5) is 0 Å². The zero-order valence-corrected chi connectivity index (χ0v) is 18.0. The third kappa shape index (κ3) is 5.36. The molecule has 0 bridgehead atoms. The summed E-state index contributed by atoms with van der Waals surface area (Å²) in [5, 5.41) is 10.0. The Hall–Kier alpha value is -2.85. The maximum Gasteiger partial charge on any atom is 0.161 e. The number of ether oxygens (including phenoxy) is 2. The van der Waals surface area contributed by atoms with Crippen molar-refractivity contribution in [1.29, 1.82) is 0 Å². The van der Waals surface area contributed by atoms with E-state index < -0.39 is 0 Å². The van der Waals surface area contributed by atoms with Gasteiger partial charge in [0.05, 0.1) is 32.2 Å². The minimum Gasteiger partial charge on any atom is -0.493 e. The molecular weight excluding hydrogens is 362 g/mol. The Labute approximate surface area is 174 Å². The van der Waals surface area contributed by atoms with Crippen LogP contribution in [0.3, 0.4) is 0 Å². The van der Waals surface area contributed by atoms with E-state index in [0.717, 1.165) is 40.1 Å². The van der Waals surface area contributed by atoms with E-state index >= 15 is 0 Å². The predicted octanol–water partition coefficient (Wildman–Crippen LogP) is 5.52. The van der Waals surface area contributed by atoms with Crippen LogP contribution in [0.1, 0.15) is 38.3 Å². The molecule has 0 aliphatic carbocycles. The number of aliphatic imine (C=N–C) groups is 1. The number of aliphatic hydroxyl groups is 1. The summed E-state index contributed by atoms with van der Waals surface area (Å²) in [7, 11) is 3.25. The van der Waals surface area contributed by atoms with Gasteiger partial charge in [-0.25, -0.2) is 0 Å². The van der Waals surface area contributed by atoms with Gasteiger partial charge in [-0.3, -0.25) is 4.99 Å². The van der Waals surface area contributed by atoms with Crippen LogP contribution in [-0.2, 0) is 0 Å². The van der Waals surface area contributed by atoms with Gasteiger partial charge in [-0.2, -0.15) is 0 Å². The van der Waals surface area contributed by atoms with Crippen molar-refractivity contribution in [2.75, 3.05) is 20.8 Å². The van der Waals surface area contributed by atoms with Gasteiger partial charge >= 0.3 is 0 Å². The van der Waals surface area contributed by atoms with Gasteiger partial charge in [0.2, 0.25) is 0 Å². The molecule has 1 atom stereocenters. The molecule has 2 rings (SSSR count). The number of hydrogen-bond donors (Lipinski definition) is 1. The lowest BCUT2D eigenvalue weighted by Crippen LogP contribution is -2.13. The van der Waals surface area contributed by atoms with Gasteiger partial charge in [-0.15, -0.1) is 0 Å². The number of benzene rings is 2. The monoisotopic (exact) mass is 393 g/mol. The van der Waals surface area contributed by atoms with E-state index in [0.29, 0.717) is 11.5 Å². The fourth-order valence-corrected chi connectivity index (χ4v) is 3.08. The highest BCUT2D eigenvalue weighted by Gasteiger charge is 2.17. The summed E-state index contributed by atoms with van der Waals surface area (Å²) in [6.07, 6.45) is 0.927. The first kappa shape index (κ1) is 22.4. The van der Waals surface area contributed by atoms with E-state index in [-0.39, 0.29) is 12.5 Å². The summed E-state index contributed by atoms with van der Waals surface area (Å²) < 4.78 is 10.9. The van der Waals surface area contributed by atoms with Crippen LogP contribution >= 0.6 is 0 Å². The SMILES string of the molecule is C=C(C)/C(CO)=C(\N=C(c1ccc(OC)c(OC)c1)C(C)CC)c1ccccc1. The Morgan fingerprint density at radius 2 is 1.69 bits per heavy atom. The van der Waals surface area contributed by atoms with Crippen molar-refractivity contribution in [3.05, 3.63) is 77.4 Å². The van der Waals surface area contributed by atoms with Crippen molar-refractivity contribution in [2.24, 2.45) is 10.9 Å². The summed E-state index contributed by atoms with van der Waals surface area (Å²) in [6.45, 7) is 10.1. The van der Waals surface area contributed by atoms with Crippen molar-refractivity contribution < 1.29 is 14.6 Å². The number of nitrogens with zero attached hydrogens (tertiary/aromatic N) is 1. The van der Waals surface area contributed by atoms with Gasteiger partial charge in [0, 0.05) is 16.7 Å². The molecule has 2 aromatic carbocycles. The van der Waals surface area contributed by atoms with E-state index in [9.17, 15) is 5.11 Å². The summed E-state index contributed by atoms with van der Waals surface area (Å²) in [6, 6.07) is 15.7. The lowest BCUT2D eigenvalue weighted by molar-refractivity contribution is 0.334. The fraction of sp³-hybridized carbons (Fsp3) is 0.320. The normalized spacial score (nSPS) is 13.5. The molecule has 0 aliphatic rings. The van der Waals surface area contributed by atoms with Gasteiger partial charge in [0.15, 0.2) is 11.5 Å². The van der Waals surface area contributed by atoms with Crippen LogP contribution in [0, 0.1) is 5.92 Å². The zero-order valence-electron chi connectivity index (χ0n) is 18.0. The number of methoxy groups -OCH3 is 2. The van der Waals surface area contributed by atoms with Gasteiger partial charge in [-0.05, 0) is 37.5 Å². The largest absolute Gasteiger partial charge is 0.493 e. The summed E-state index contributed by atoms with van der Waals surface area (Å²) >= 11 is 0.